The first-order chi connectivity index (χ1) is 9.11. The van der Waals surface area contributed by atoms with Crippen LogP contribution < -0.4 is 5.32 Å². The second-order valence-electron chi connectivity index (χ2n) is 5.76. The SMILES string of the molecule is O=C(Cc1ccc(Cl)cc1F)N[C@@H]1C[C@@H]2CC[C@@H]1C2. The summed E-state index contributed by atoms with van der Waals surface area (Å²) < 4.78 is 13.6. The van der Waals surface area contributed by atoms with E-state index >= 15 is 0 Å². The average molecular weight is 282 g/mol. The van der Waals surface area contributed by atoms with Gasteiger partial charge in [-0.25, -0.2) is 4.39 Å². The Kier molecular flexibility index (Phi) is 3.48. The van der Waals surface area contributed by atoms with E-state index in [9.17, 15) is 9.18 Å². The van der Waals surface area contributed by atoms with E-state index in [1.165, 1.54) is 25.3 Å². The Morgan fingerprint density at radius 2 is 2.21 bits per heavy atom. The predicted molar refractivity (Wildman–Crippen MR) is 72.5 cm³/mol. The Labute approximate surface area is 117 Å². The third-order valence-corrected chi connectivity index (χ3v) is 4.69. The van der Waals surface area contributed by atoms with Crippen LogP contribution in [0, 0.1) is 17.7 Å². The van der Waals surface area contributed by atoms with Gasteiger partial charge in [0.1, 0.15) is 5.82 Å². The van der Waals surface area contributed by atoms with Crippen molar-refractivity contribution >= 4 is 17.5 Å². The first-order valence-corrected chi connectivity index (χ1v) is 7.23. The van der Waals surface area contributed by atoms with Crippen LogP contribution in [0.4, 0.5) is 4.39 Å². The van der Waals surface area contributed by atoms with E-state index in [0.717, 1.165) is 12.3 Å². The lowest BCUT2D eigenvalue weighted by molar-refractivity contribution is -0.121. The zero-order valence-corrected chi connectivity index (χ0v) is 11.4. The zero-order chi connectivity index (χ0) is 13.4. The van der Waals surface area contributed by atoms with Gasteiger partial charge in [-0.2, -0.15) is 0 Å². The Morgan fingerprint density at radius 3 is 2.84 bits per heavy atom. The Morgan fingerprint density at radius 1 is 1.37 bits per heavy atom. The van der Waals surface area contributed by atoms with Gasteiger partial charge in [-0.15, -0.1) is 0 Å². The molecule has 0 spiro atoms. The molecular formula is C15H17ClFNO. The Hall–Kier alpha value is -1.09. The van der Waals surface area contributed by atoms with Gasteiger partial charge in [0.25, 0.3) is 0 Å². The molecule has 2 aliphatic carbocycles. The molecule has 3 rings (SSSR count). The molecule has 2 fully saturated rings. The maximum absolute atomic E-state index is 13.6. The van der Waals surface area contributed by atoms with Crippen LogP contribution in [0.25, 0.3) is 0 Å². The van der Waals surface area contributed by atoms with Crippen LogP contribution in [0.15, 0.2) is 18.2 Å². The molecule has 0 aromatic heterocycles. The molecule has 0 saturated heterocycles. The number of amides is 1. The summed E-state index contributed by atoms with van der Waals surface area (Å²) in [6, 6.07) is 4.76. The number of nitrogens with one attached hydrogen (secondary N) is 1. The van der Waals surface area contributed by atoms with Crippen LogP contribution in [-0.4, -0.2) is 11.9 Å². The summed E-state index contributed by atoms with van der Waals surface area (Å²) >= 11 is 5.69. The third kappa shape index (κ3) is 2.76. The summed E-state index contributed by atoms with van der Waals surface area (Å²) in [5.74, 6) is 0.945. The minimum Gasteiger partial charge on any atom is -0.353 e. The molecule has 1 aromatic carbocycles. The van der Waals surface area contributed by atoms with E-state index in [0.29, 0.717) is 22.5 Å². The van der Waals surface area contributed by atoms with Gasteiger partial charge in [0.05, 0.1) is 6.42 Å². The van der Waals surface area contributed by atoms with Crippen molar-refractivity contribution in [1.29, 1.82) is 0 Å². The molecule has 0 heterocycles. The molecular weight excluding hydrogens is 265 g/mol. The number of benzene rings is 1. The van der Waals surface area contributed by atoms with Crippen molar-refractivity contribution in [3.8, 4) is 0 Å². The van der Waals surface area contributed by atoms with E-state index in [1.54, 1.807) is 12.1 Å². The van der Waals surface area contributed by atoms with E-state index < -0.39 is 5.82 Å². The lowest BCUT2D eigenvalue weighted by Crippen LogP contribution is -2.39. The molecule has 1 amide bonds. The lowest BCUT2D eigenvalue weighted by Gasteiger charge is -2.22. The minimum atomic E-state index is -0.407. The van der Waals surface area contributed by atoms with Gasteiger partial charge in [-0.1, -0.05) is 24.1 Å². The van der Waals surface area contributed by atoms with Gasteiger partial charge >= 0.3 is 0 Å². The number of fused-ring (bicyclic) bond motifs is 2. The third-order valence-electron chi connectivity index (χ3n) is 4.45. The van der Waals surface area contributed by atoms with Crippen LogP contribution >= 0.6 is 11.6 Å². The Balaban J connectivity index is 1.59. The molecule has 19 heavy (non-hydrogen) atoms. The highest BCUT2D eigenvalue weighted by Crippen LogP contribution is 2.44. The average Bonchev–Trinajstić information content (AvgIpc) is 2.95. The predicted octanol–water partition coefficient (Wildman–Crippen LogP) is 3.33. The van der Waals surface area contributed by atoms with Gasteiger partial charge in [0, 0.05) is 11.1 Å². The molecule has 2 saturated carbocycles. The minimum absolute atomic E-state index is 0.0845. The van der Waals surface area contributed by atoms with Crippen LogP contribution in [-0.2, 0) is 11.2 Å². The highest BCUT2D eigenvalue weighted by Gasteiger charge is 2.39. The largest absolute Gasteiger partial charge is 0.353 e. The smallest absolute Gasteiger partial charge is 0.224 e. The van der Waals surface area contributed by atoms with Gasteiger partial charge in [-0.3, -0.25) is 4.79 Å². The molecule has 2 nitrogen and oxygen atoms in total. The van der Waals surface area contributed by atoms with Gasteiger partial charge in [0.2, 0.25) is 5.91 Å². The van der Waals surface area contributed by atoms with Crippen molar-refractivity contribution in [2.75, 3.05) is 0 Å². The maximum Gasteiger partial charge on any atom is 0.224 e. The number of carbonyl (C=O) groups excluding carboxylic acids is 1. The quantitative estimate of drug-likeness (QED) is 0.905. The number of carbonyl (C=O) groups is 1. The topological polar surface area (TPSA) is 29.1 Å². The number of hydrogen-bond acceptors (Lipinski definition) is 1. The fourth-order valence-corrected chi connectivity index (χ4v) is 3.68. The summed E-state index contributed by atoms with van der Waals surface area (Å²) in [6.07, 6.45) is 4.98. The zero-order valence-electron chi connectivity index (χ0n) is 10.7. The Bertz CT molecular complexity index is 505. The van der Waals surface area contributed by atoms with Crippen LogP contribution in [0.1, 0.15) is 31.2 Å². The van der Waals surface area contributed by atoms with Crippen molar-refractivity contribution < 1.29 is 9.18 Å². The maximum atomic E-state index is 13.6. The van der Waals surface area contributed by atoms with E-state index in [4.69, 9.17) is 11.6 Å². The number of hydrogen-bond donors (Lipinski definition) is 1. The highest BCUT2D eigenvalue weighted by molar-refractivity contribution is 6.30. The van der Waals surface area contributed by atoms with E-state index in [-0.39, 0.29) is 12.3 Å². The first kappa shape index (κ1) is 12.9. The molecule has 2 bridgehead atoms. The second-order valence-corrected chi connectivity index (χ2v) is 6.20. The summed E-state index contributed by atoms with van der Waals surface area (Å²) in [7, 11) is 0. The van der Waals surface area contributed by atoms with Gasteiger partial charge < -0.3 is 5.32 Å². The van der Waals surface area contributed by atoms with Crippen molar-refractivity contribution in [2.24, 2.45) is 11.8 Å². The number of rotatable bonds is 3. The summed E-state index contributed by atoms with van der Waals surface area (Å²) in [6.45, 7) is 0. The second kappa shape index (κ2) is 5.12. The molecule has 0 radical (unpaired) electrons. The molecule has 3 atom stereocenters. The molecule has 0 aliphatic heterocycles. The standard InChI is InChI=1S/C15H17ClFNO/c16-12-4-3-10(13(17)8-12)7-15(19)18-14-6-9-1-2-11(14)5-9/h3-4,8-9,11,14H,1-2,5-7H2,(H,18,19)/t9-,11-,14-/m1/s1. The fourth-order valence-electron chi connectivity index (χ4n) is 3.52. The molecule has 4 heteroatoms. The molecule has 102 valence electrons. The molecule has 1 N–H and O–H groups in total. The highest BCUT2D eigenvalue weighted by atomic mass is 35.5. The molecule has 0 unspecified atom stereocenters. The summed E-state index contributed by atoms with van der Waals surface area (Å²) in [5.41, 5.74) is 0.407. The van der Waals surface area contributed by atoms with Gasteiger partial charge in [-0.05, 0) is 48.8 Å². The van der Waals surface area contributed by atoms with Crippen molar-refractivity contribution in [3.05, 3.63) is 34.6 Å². The lowest BCUT2D eigenvalue weighted by atomic mass is 9.95. The van der Waals surface area contributed by atoms with Crippen LogP contribution in [0.3, 0.4) is 0 Å². The number of halogens is 2. The van der Waals surface area contributed by atoms with E-state index in [2.05, 4.69) is 5.32 Å². The fraction of sp³-hybridized carbons (Fsp3) is 0.533. The normalized spacial score (nSPS) is 28.6. The van der Waals surface area contributed by atoms with Crippen molar-refractivity contribution in [2.45, 2.75) is 38.1 Å². The van der Waals surface area contributed by atoms with Crippen molar-refractivity contribution in [3.63, 3.8) is 0 Å². The molecule has 2 aliphatic rings. The van der Waals surface area contributed by atoms with Gasteiger partial charge in [0.15, 0.2) is 0 Å². The van der Waals surface area contributed by atoms with Crippen LogP contribution in [0.2, 0.25) is 5.02 Å². The summed E-state index contributed by atoms with van der Waals surface area (Å²) in [5, 5.41) is 3.42. The summed E-state index contributed by atoms with van der Waals surface area (Å²) in [4.78, 5) is 12.0. The first-order valence-electron chi connectivity index (χ1n) is 6.85. The van der Waals surface area contributed by atoms with E-state index in [1.807, 2.05) is 0 Å². The van der Waals surface area contributed by atoms with Crippen molar-refractivity contribution in [1.82, 2.24) is 5.32 Å². The van der Waals surface area contributed by atoms with Crippen LogP contribution in [0.5, 0.6) is 0 Å². The monoisotopic (exact) mass is 281 g/mol. The molecule has 1 aromatic rings.